The fourth-order valence-electron chi connectivity index (χ4n) is 2.01. The molecule has 1 saturated heterocycles. The van der Waals surface area contributed by atoms with E-state index in [1.807, 2.05) is 0 Å². The summed E-state index contributed by atoms with van der Waals surface area (Å²) in [5, 5.41) is 0. The quantitative estimate of drug-likeness (QED) is 0.779. The van der Waals surface area contributed by atoms with Gasteiger partial charge in [-0.15, -0.1) is 12.4 Å². The Morgan fingerprint density at radius 2 is 2.00 bits per heavy atom. The molecule has 2 rings (SSSR count). The van der Waals surface area contributed by atoms with Gasteiger partial charge in [0.05, 0.1) is 4.90 Å². The number of hydrogen-bond acceptors (Lipinski definition) is 3. The Bertz CT molecular complexity index is 554. The molecule has 2 N–H and O–H groups in total. The van der Waals surface area contributed by atoms with E-state index in [-0.39, 0.29) is 23.3 Å². The van der Waals surface area contributed by atoms with E-state index >= 15 is 0 Å². The van der Waals surface area contributed by atoms with E-state index in [4.69, 9.17) is 5.73 Å². The lowest BCUT2D eigenvalue weighted by molar-refractivity contribution is 0.316. The van der Waals surface area contributed by atoms with Gasteiger partial charge < -0.3 is 5.73 Å². The first-order valence-corrected chi connectivity index (χ1v) is 8.64. The van der Waals surface area contributed by atoms with E-state index in [0.29, 0.717) is 17.6 Å². The Labute approximate surface area is 136 Å². The number of benzene rings is 1. The van der Waals surface area contributed by atoms with Crippen LogP contribution in [0, 0.1) is 0 Å². The van der Waals surface area contributed by atoms with Gasteiger partial charge in [0.1, 0.15) is 0 Å². The van der Waals surface area contributed by atoms with Crippen LogP contribution in [0.5, 0.6) is 0 Å². The summed E-state index contributed by atoms with van der Waals surface area (Å²) < 4.78 is 27.8. The summed E-state index contributed by atoms with van der Waals surface area (Å²) in [6, 6.07) is 5.06. The second kappa shape index (κ2) is 6.87. The maximum absolute atomic E-state index is 12.5. The molecule has 0 saturated carbocycles. The third-order valence-electron chi connectivity index (χ3n) is 2.93. The average Bonchev–Trinajstić information content (AvgIpc) is 2.32. The Balaban J connectivity index is 0.00000180. The summed E-state index contributed by atoms with van der Waals surface area (Å²) in [6.45, 7) is 0.927. The largest absolute Gasteiger partial charge is 0.327 e. The lowest BCUT2D eigenvalue weighted by Crippen LogP contribution is -2.45. The van der Waals surface area contributed by atoms with E-state index in [9.17, 15) is 8.42 Å². The van der Waals surface area contributed by atoms with Crippen molar-refractivity contribution >= 4 is 54.3 Å². The standard InChI is InChI=1S/C11H14Br2N2O2S.ClH/c12-8-3-4-10(13)11(6-8)18(16,17)15-5-1-2-9(14)7-15;/h3-4,6,9H,1-2,5,7,14H2;1H/t9-;/m1./s1. The first kappa shape index (κ1) is 17.4. The topological polar surface area (TPSA) is 63.4 Å². The van der Waals surface area contributed by atoms with Gasteiger partial charge in [-0.2, -0.15) is 4.31 Å². The zero-order chi connectivity index (χ0) is 13.3. The van der Waals surface area contributed by atoms with Gasteiger partial charge in [-0.25, -0.2) is 8.42 Å². The minimum Gasteiger partial charge on any atom is -0.327 e. The SMILES string of the molecule is Cl.N[C@@H]1CCCN(S(=O)(=O)c2cc(Br)ccc2Br)C1. The first-order valence-electron chi connectivity index (χ1n) is 5.62. The lowest BCUT2D eigenvalue weighted by atomic mass is 10.1. The summed E-state index contributed by atoms with van der Waals surface area (Å²) in [5.74, 6) is 0. The van der Waals surface area contributed by atoms with Crippen molar-refractivity contribution in [3.63, 3.8) is 0 Å². The highest BCUT2D eigenvalue weighted by Crippen LogP contribution is 2.29. The van der Waals surface area contributed by atoms with Crippen molar-refractivity contribution in [3.05, 3.63) is 27.1 Å². The molecule has 1 aliphatic rings. The van der Waals surface area contributed by atoms with Crippen LogP contribution in [-0.4, -0.2) is 31.9 Å². The van der Waals surface area contributed by atoms with Gasteiger partial charge in [-0.1, -0.05) is 15.9 Å². The molecule has 0 spiro atoms. The molecule has 1 aromatic rings. The third kappa shape index (κ3) is 3.92. The molecule has 0 unspecified atom stereocenters. The average molecular weight is 435 g/mol. The molecule has 1 aromatic carbocycles. The zero-order valence-corrected chi connectivity index (χ0v) is 14.9. The Morgan fingerprint density at radius 3 is 2.63 bits per heavy atom. The smallest absolute Gasteiger partial charge is 0.244 e. The first-order chi connectivity index (χ1) is 8.41. The van der Waals surface area contributed by atoms with Crippen LogP contribution in [0.4, 0.5) is 0 Å². The molecule has 1 fully saturated rings. The molecule has 4 nitrogen and oxygen atoms in total. The second-order valence-electron chi connectivity index (χ2n) is 4.34. The third-order valence-corrected chi connectivity index (χ3v) is 6.28. The van der Waals surface area contributed by atoms with E-state index in [2.05, 4.69) is 31.9 Å². The number of halogens is 3. The Hall–Kier alpha value is 0.340. The van der Waals surface area contributed by atoms with Gasteiger partial charge in [-0.05, 0) is 47.0 Å². The van der Waals surface area contributed by atoms with Crippen LogP contribution in [0.15, 0.2) is 32.0 Å². The molecule has 108 valence electrons. The fraction of sp³-hybridized carbons (Fsp3) is 0.455. The maximum Gasteiger partial charge on any atom is 0.244 e. The Morgan fingerprint density at radius 1 is 1.32 bits per heavy atom. The van der Waals surface area contributed by atoms with Crippen molar-refractivity contribution in [1.29, 1.82) is 0 Å². The van der Waals surface area contributed by atoms with Crippen molar-refractivity contribution in [3.8, 4) is 0 Å². The number of piperidine rings is 1. The molecule has 8 heteroatoms. The second-order valence-corrected chi connectivity index (χ2v) is 8.02. The Kier molecular flexibility index (Phi) is 6.28. The summed E-state index contributed by atoms with van der Waals surface area (Å²) >= 11 is 6.59. The van der Waals surface area contributed by atoms with Gasteiger partial charge in [0.2, 0.25) is 10.0 Å². The van der Waals surface area contributed by atoms with Crippen LogP contribution in [0.3, 0.4) is 0 Å². The molecule has 0 bridgehead atoms. The number of sulfonamides is 1. The number of rotatable bonds is 2. The monoisotopic (exact) mass is 432 g/mol. The van der Waals surface area contributed by atoms with Gasteiger partial charge in [0.15, 0.2) is 0 Å². The van der Waals surface area contributed by atoms with Crippen LogP contribution in [-0.2, 0) is 10.0 Å². The molecule has 1 atom stereocenters. The molecule has 19 heavy (non-hydrogen) atoms. The van der Waals surface area contributed by atoms with Crippen molar-refractivity contribution < 1.29 is 8.42 Å². The zero-order valence-electron chi connectivity index (χ0n) is 10.1. The van der Waals surface area contributed by atoms with E-state index in [0.717, 1.165) is 17.3 Å². The molecule has 0 amide bonds. The number of hydrogen-bond donors (Lipinski definition) is 1. The summed E-state index contributed by atoms with van der Waals surface area (Å²) in [5.41, 5.74) is 5.84. The maximum atomic E-state index is 12.5. The van der Waals surface area contributed by atoms with E-state index in [1.165, 1.54) is 4.31 Å². The van der Waals surface area contributed by atoms with Crippen LogP contribution >= 0.6 is 44.3 Å². The van der Waals surface area contributed by atoms with Crippen LogP contribution in [0.1, 0.15) is 12.8 Å². The molecule has 0 aromatic heterocycles. The molecule has 0 radical (unpaired) electrons. The summed E-state index contributed by atoms with van der Waals surface area (Å²) in [6.07, 6.45) is 1.69. The number of nitrogens with two attached hydrogens (primary N) is 1. The summed E-state index contributed by atoms with van der Waals surface area (Å²) in [7, 11) is -3.47. The lowest BCUT2D eigenvalue weighted by Gasteiger charge is -2.30. The molecule has 1 aliphatic heterocycles. The highest BCUT2D eigenvalue weighted by Gasteiger charge is 2.30. The van der Waals surface area contributed by atoms with Gasteiger partial charge in [-0.3, -0.25) is 0 Å². The van der Waals surface area contributed by atoms with Crippen molar-refractivity contribution in [1.82, 2.24) is 4.31 Å². The van der Waals surface area contributed by atoms with E-state index in [1.54, 1.807) is 18.2 Å². The highest BCUT2D eigenvalue weighted by atomic mass is 79.9. The van der Waals surface area contributed by atoms with Crippen molar-refractivity contribution in [2.24, 2.45) is 5.73 Å². The van der Waals surface area contributed by atoms with Crippen LogP contribution < -0.4 is 5.73 Å². The van der Waals surface area contributed by atoms with Gasteiger partial charge in [0.25, 0.3) is 0 Å². The highest BCUT2D eigenvalue weighted by molar-refractivity contribution is 9.11. The molecule has 0 aliphatic carbocycles. The van der Waals surface area contributed by atoms with Crippen molar-refractivity contribution in [2.45, 2.75) is 23.8 Å². The van der Waals surface area contributed by atoms with Gasteiger partial charge >= 0.3 is 0 Å². The van der Waals surface area contributed by atoms with Crippen LogP contribution in [0.2, 0.25) is 0 Å². The minimum atomic E-state index is -3.47. The fourth-order valence-corrected chi connectivity index (χ4v) is 5.00. The summed E-state index contributed by atoms with van der Waals surface area (Å²) in [4.78, 5) is 0.283. The molecular formula is C11H15Br2ClN2O2S. The van der Waals surface area contributed by atoms with Crippen molar-refractivity contribution in [2.75, 3.05) is 13.1 Å². The van der Waals surface area contributed by atoms with Gasteiger partial charge in [0, 0.05) is 28.1 Å². The van der Waals surface area contributed by atoms with E-state index < -0.39 is 10.0 Å². The predicted molar refractivity (Wildman–Crippen MR) is 85.1 cm³/mol. The molecule has 1 heterocycles. The van der Waals surface area contributed by atoms with Crippen LogP contribution in [0.25, 0.3) is 0 Å². The number of nitrogens with zero attached hydrogens (tertiary/aromatic N) is 1. The normalized spacial score (nSPS) is 20.9. The predicted octanol–water partition coefficient (Wildman–Crippen LogP) is 2.75. The molecular weight excluding hydrogens is 419 g/mol. The minimum absolute atomic E-state index is 0.